The molecule has 0 saturated heterocycles. The minimum atomic E-state index is -1.61. The highest BCUT2D eigenvalue weighted by Gasteiger charge is 2.22. The van der Waals surface area contributed by atoms with E-state index < -0.39 is 7.32 Å². The average Bonchev–Trinajstić information content (AvgIpc) is 2.29. The molecule has 0 aromatic carbocycles. The van der Waals surface area contributed by atoms with Crippen molar-refractivity contribution in [1.29, 1.82) is 0 Å². The van der Waals surface area contributed by atoms with Crippen LogP contribution in [0.2, 0.25) is 0 Å². The summed E-state index contributed by atoms with van der Waals surface area (Å²) in [5.74, 6) is 0. The first-order valence-corrected chi connectivity index (χ1v) is 6.58. The SMILES string of the molecule is CCC(CC)(CC)CCCCCOB(O)O. The van der Waals surface area contributed by atoms with Crippen molar-refractivity contribution in [3.8, 4) is 0 Å². The Labute approximate surface area is 100 Å². The van der Waals surface area contributed by atoms with E-state index in [2.05, 4.69) is 25.4 Å². The zero-order valence-electron chi connectivity index (χ0n) is 11.0. The van der Waals surface area contributed by atoms with E-state index in [1.54, 1.807) is 0 Å². The van der Waals surface area contributed by atoms with Crippen LogP contribution in [0.4, 0.5) is 0 Å². The number of hydrogen-bond donors (Lipinski definition) is 2. The Morgan fingerprint density at radius 2 is 1.50 bits per heavy atom. The first kappa shape index (κ1) is 15.9. The maximum atomic E-state index is 8.49. The fourth-order valence-electron chi connectivity index (χ4n) is 2.25. The molecule has 0 aliphatic carbocycles. The summed E-state index contributed by atoms with van der Waals surface area (Å²) in [4.78, 5) is 0. The third-order valence-electron chi connectivity index (χ3n) is 3.87. The van der Waals surface area contributed by atoms with Gasteiger partial charge in [0.25, 0.3) is 0 Å². The molecule has 0 radical (unpaired) electrons. The first-order chi connectivity index (χ1) is 7.60. The molecular weight excluding hydrogens is 203 g/mol. The van der Waals surface area contributed by atoms with Crippen molar-refractivity contribution in [1.82, 2.24) is 0 Å². The van der Waals surface area contributed by atoms with Gasteiger partial charge >= 0.3 is 7.32 Å². The molecule has 16 heavy (non-hydrogen) atoms. The second-order valence-electron chi connectivity index (χ2n) is 4.57. The topological polar surface area (TPSA) is 49.7 Å². The van der Waals surface area contributed by atoms with Crippen molar-refractivity contribution in [2.24, 2.45) is 5.41 Å². The van der Waals surface area contributed by atoms with E-state index in [9.17, 15) is 0 Å². The van der Waals surface area contributed by atoms with Gasteiger partial charge in [-0.1, -0.05) is 52.9 Å². The van der Waals surface area contributed by atoms with Crippen molar-refractivity contribution < 1.29 is 14.7 Å². The van der Waals surface area contributed by atoms with Crippen LogP contribution in [0.25, 0.3) is 0 Å². The van der Waals surface area contributed by atoms with Gasteiger partial charge in [0.2, 0.25) is 0 Å². The quantitative estimate of drug-likeness (QED) is 0.448. The summed E-state index contributed by atoms with van der Waals surface area (Å²) in [5.41, 5.74) is 0.525. The molecule has 0 bridgehead atoms. The van der Waals surface area contributed by atoms with Gasteiger partial charge in [-0.2, -0.15) is 0 Å². The predicted molar refractivity (Wildman–Crippen MR) is 67.9 cm³/mol. The summed E-state index contributed by atoms with van der Waals surface area (Å²) in [6, 6.07) is 0. The second kappa shape index (κ2) is 9.02. The van der Waals surface area contributed by atoms with Gasteiger partial charge in [0, 0.05) is 6.61 Å². The first-order valence-electron chi connectivity index (χ1n) is 6.58. The Morgan fingerprint density at radius 3 is 1.94 bits per heavy atom. The van der Waals surface area contributed by atoms with E-state index in [0.29, 0.717) is 12.0 Å². The van der Waals surface area contributed by atoms with Crippen LogP contribution in [0.1, 0.15) is 65.7 Å². The molecule has 0 unspecified atom stereocenters. The lowest BCUT2D eigenvalue weighted by molar-refractivity contribution is 0.177. The van der Waals surface area contributed by atoms with Gasteiger partial charge in [0.1, 0.15) is 0 Å². The Kier molecular flexibility index (Phi) is 8.99. The summed E-state index contributed by atoms with van der Waals surface area (Å²) in [5, 5.41) is 17.0. The molecule has 0 fully saturated rings. The molecule has 0 aliphatic heterocycles. The average molecular weight is 230 g/mol. The van der Waals surface area contributed by atoms with Crippen LogP contribution in [-0.2, 0) is 4.65 Å². The van der Waals surface area contributed by atoms with Gasteiger partial charge in [0.05, 0.1) is 0 Å². The van der Waals surface area contributed by atoms with Gasteiger partial charge < -0.3 is 14.7 Å². The molecule has 4 heteroatoms. The minimum Gasteiger partial charge on any atom is -0.402 e. The normalized spacial score (nSPS) is 11.8. The molecular formula is C12H27BO3. The fourth-order valence-corrected chi connectivity index (χ4v) is 2.25. The van der Waals surface area contributed by atoms with Crippen molar-refractivity contribution in [3.05, 3.63) is 0 Å². The number of hydrogen-bond acceptors (Lipinski definition) is 3. The van der Waals surface area contributed by atoms with Crippen LogP contribution >= 0.6 is 0 Å². The van der Waals surface area contributed by atoms with Crippen molar-refractivity contribution in [2.75, 3.05) is 6.61 Å². The molecule has 96 valence electrons. The molecule has 0 aromatic rings. The molecule has 0 heterocycles. The van der Waals surface area contributed by atoms with Gasteiger partial charge in [0.15, 0.2) is 0 Å². The lowest BCUT2D eigenvalue weighted by Gasteiger charge is -2.30. The van der Waals surface area contributed by atoms with Crippen molar-refractivity contribution in [2.45, 2.75) is 65.7 Å². The molecule has 0 saturated carbocycles. The number of unbranched alkanes of at least 4 members (excludes halogenated alkanes) is 2. The molecule has 2 N–H and O–H groups in total. The highest BCUT2D eigenvalue weighted by molar-refractivity contribution is 6.32. The van der Waals surface area contributed by atoms with Gasteiger partial charge in [-0.15, -0.1) is 0 Å². The standard InChI is InChI=1S/C12H27BO3/c1-4-12(5-2,6-3)10-8-7-9-11-16-13(14)15/h14-15H,4-11H2,1-3H3. The van der Waals surface area contributed by atoms with Gasteiger partial charge in [-0.25, -0.2) is 0 Å². The Morgan fingerprint density at radius 1 is 0.938 bits per heavy atom. The lowest BCUT2D eigenvalue weighted by Crippen LogP contribution is -2.18. The summed E-state index contributed by atoms with van der Waals surface area (Å²) in [6.45, 7) is 7.27. The highest BCUT2D eigenvalue weighted by atomic mass is 16.6. The molecule has 0 spiro atoms. The summed E-state index contributed by atoms with van der Waals surface area (Å²) in [6.07, 6.45) is 8.27. The molecule has 0 aliphatic rings. The Balaban J connectivity index is 3.55. The largest absolute Gasteiger partial charge is 0.633 e. The van der Waals surface area contributed by atoms with E-state index in [1.807, 2.05) is 0 Å². The Bertz CT molecular complexity index is 150. The van der Waals surface area contributed by atoms with Crippen LogP contribution < -0.4 is 0 Å². The third kappa shape index (κ3) is 6.51. The van der Waals surface area contributed by atoms with Crippen LogP contribution in [-0.4, -0.2) is 24.0 Å². The molecule has 0 amide bonds. The zero-order valence-corrected chi connectivity index (χ0v) is 11.0. The van der Waals surface area contributed by atoms with Crippen LogP contribution in [0, 0.1) is 5.41 Å². The van der Waals surface area contributed by atoms with Gasteiger partial charge in [-0.05, 0) is 18.3 Å². The summed E-state index contributed by atoms with van der Waals surface area (Å²) in [7, 11) is -1.61. The molecule has 0 aromatic heterocycles. The number of rotatable bonds is 10. The van der Waals surface area contributed by atoms with Gasteiger partial charge in [-0.3, -0.25) is 0 Å². The second-order valence-corrected chi connectivity index (χ2v) is 4.57. The van der Waals surface area contributed by atoms with E-state index in [4.69, 9.17) is 10.0 Å². The minimum absolute atomic E-state index is 0.440. The third-order valence-corrected chi connectivity index (χ3v) is 3.87. The van der Waals surface area contributed by atoms with Crippen molar-refractivity contribution >= 4 is 7.32 Å². The van der Waals surface area contributed by atoms with E-state index in [1.165, 1.54) is 32.1 Å². The summed E-state index contributed by atoms with van der Waals surface area (Å²) < 4.78 is 4.66. The smallest absolute Gasteiger partial charge is 0.402 e. The highest BCUT2D eigenvalue weighted by Crippen LogP contribution is 2.35. The van der Waals surface area contributed by atoms with Crippen LogP contribution in [0.3, 0.4) is 0 Å². The predicted octanol–water partition coefficient (Wildman–Crippen LogP) is 2.75. The molecule has 0 atom stereocenters. The summed E-state index contributed by atoms with van der Waals surface area (Å²) >= 11 is 0. The maximum Gasteiger partial charge on any atom is 0.633 e. The maximum absolute atomic E-state index is 8.49. The van der Waals surface area contributed by atoms with Crippen molar-refractivity contribution in [3.63, 3.8) is 0 Å². The van der Waals surface area contributed by atoms with Crippen LogP contribution in [0.15, 0.2) is 0 Å². The van der Waals surface area contributed by atoms with E-state index in [-0.39, 0.29) is 0 Å². The van der Waals surface area contributed by atoms with Crippen LogP contribution in [0.5, 0.6) is 0 Å². The monoisotopic (exact) mass is 230 g/mol. The van der Waals surface area contributed by atoms with E-state index >= 15 is 0 Å². The molecule has 3 nitrogen and oxygen atoms in total. The lowest BCUT2D eigenvalue weighted by atomic mass is 9.76. The Hall–Kier alpha value is -0.0551. The zero-order chi connectivity index (χ0) is 12.4. The molecule has 0 rings (SSSR count). The van der Waals surface area contributed by atoms with E-state index in [0.717, 1.165) is 12.8 Å². The fraction of sp³-hybridized carbons (Fsp3) is 1.00.